The van der Waals surface area contributed by atoms with Crippen LogP contribution in [0.1, 0.15) is 24.2 Å². The van der Waals surface area contributed by atoms with E-state index in [0.717, 1.165) is 0 Å². The predicted molar refractivity (Wildman–Crippen MR) is 114 cm³/mol. The number of halogens is 1. The van der Waals surface area contributed by atoms with Crippen molar-refractivity contribution in [3.63, 3.8) is 0 Å². The Hall–Kier alpha value is -2.68. The lowest BCUT2D eigenvalue weighted by Gasteiger charge is -2.18. The minimum absolute atomic E-state index is 0.0698. The third kappa shape index (κ3) is 4.19. The van der Waals surface area contributed by atoms with Crippen LogP contribution in [0.5, 0.6) is 0 Å². The monoisotopic (exact) mass is 433 g/mol. The molecule has 0 radical (unpaired) electrons. The molecule has 0 aliphatic heterocycles. The number of nitrogens with one attached hydrogen (secondary N) is 2. The second-order valence-electron chi connectivity index (χ2n) is 6.29. The lowest BCUT2D eigenvalue weighted by atomic mass is 10.1. The molecule has 0 saturated heterocycles. The smallest absolute Gasteiger partial charge is 0.261 e. The van der Waals surface area contributed by atoms with Gasteiger partial charge in [-0.05, 0) is 42.5 Å². The number of benzene rings is 2. The van der Waals surface area contributed by atoms with Crippen molar-refractivity contribution in [3.05, 3.63) is 69.5 Å². The van der Waals surface area contributed by atoms with Gasteiger partial charge in [-0.15, -0.1) is 0 Å². The van der Waals surface area contributed by atoms with Crippen LogP contribution >= 0.6 is 11.6 Å². The number of hydrogen-bond donors (Lipinski definition) is 2. The Morgan fingerprint density at radius 3 is 2.38 bits per heavy atom. The Kier molecular flexibility index (Phi) is 6.07. The van der Waals surface area contributed by atoms with Crippen LogP contribution in [0, 0.1) is 0 Å². The summed E-state index contributed by atoms with van der Waals surface area (Å²) >= 11 is 5.94. The Bertz CT molecular complexity index is 1220. The van der Waals surface area contributed by atoms with Gasteiger partial charge in [0.05, 0.1) is 4.90 Å². The Balaban J connectivity index is 1.86. The van der Waals surface area contributed by atoms with Gasteiger partial charge in [0.15, 0.2) is 0 Å². The van der Waals surface area contributed by atoms with Gasteiger partial charge in [0.1, 0.15) is 5.56 Å². The summed E-state index contributed by atoms with van der Waals surface area (Å²) in [6.45, 7) is 4.27. The molecule has 0 saturated carbocycles. The molecule has 1 aromatic heterocycles. The first kappa shape index (κ1) is 21.0. The molecule has 0 fully saturated rings. The van der Waals surface area contributed by atoms with Crippen LogP contribution in [0.2, 0.25) is 5.02 Å². The minimum Gasteiger partial charge on any atom is -0.360 e. The van der Waals surface area contributed by atoms with Crippen LogP contribution in [0.15, 0.2) is 58.4 Å². The Morgan fingerprint density at radius 1 is 1.10 bits per heavy atom. The summed E-state index contributed by atoms with van der Waals surface area (Å²) in [5, 5.41) is 3.32. The van der Waals surface area contributed by atoms with Crippen molar-refractivity contribution < 1.29 is 13.2 Å². The van der Waals surface area contributed by atoms with Gasteiger partial charge in [-0.25, -0.2) is 8.42 Å². The maximum Gasteiger partial charge on any atom is 0.261 e. The molecule has 0 aliphatic rings. The fourth-order valence-corrected chi connectivity index (χ4v) is 4.61. The average molecular weight is 434 g/mol. The van der Waals surface area contributed by atoms with Gasteiger partial charge in [0.25, 0.3) is 5.91 Å². The highest BCUT2D eigenvalue weighted by Crippen LogP contribution is 2.19. The number of amides is 1. The SMILES string of the molecule is CCN(CC)S(=O)(=O)c1ccc(NC(=O)c2c[nH]c3ccc(Cl)cc3c2=O)cc1. The van der Waals surface area contributed by atoms with E-state index < -0.39 is 21.4 Å². The summed E-state index contributed by atoms with van der Waals surface area (Å²) in [5.74, 6) is -0.604. The molecule has 7 nitrogen and oxygen atoms in total. The standard InChI is InChI=1S/C20H20ClN3O4S/c1-3-24(4-2)29(27,28)15-8-6-14(7-9-15)23-20(26)17-12-22-18-10-5-13(21)11-16(18)19(17)25/h5-12H,3-4H2,1-2H3,(H,22,25)(H,23,26). The molecule has 0 bridgehead atoms. The number of pyridine rings is 1. The van der Waals surface area contributed by atoms with E-state index in [1.807, 2.05) is 0 Å². The summed E-state index contributed by atoms with van der Waals surface area (Å²) in [6.07, 6.45) is 1.34. The Labute approximate surface area is 173 Å². The summed E-state index contributed by atoms with van der Waals surface area (Å²) in [7, 11) is -3.58. The molecule has 3 aromatic rings. The van der Waals surface area contributed by atoms with Crippen LogP contribution in [0.3, 0.4) is 0 Å². The van der Waals surface area contributed by atoms with Gasteiger partial charge < -0.3 is 10.3 Å². The first-order valence-electron chi connectivity index (χ1n) is 9.00. The van der Waals surface area contributed by atoms with Crippen LogP contribution < -0.4 is 10.7 Å². The van der Waals surface area contributed by atoms with Crippen molar-refractivity contribution >= 4 is 44.1 Å². The van der Waals surface area contributed by atoms with Crippen LogP contribution in [-0.2, 0) is 10.0 Å². The molecular weight excluding hydrogens is 414 g/mol. The molecule has 0 aliphatic carbocycles. The number of carbonyl (C=O) groups excluding carboxylic acids is 1. The van der Waals surface area contributed by atoms with Crippen molar-refractivity contribution in [2.24, 2.45) is 0 Å². The average Bonchev–Trinajstić information content (AvgIpc) is 2.69. The number of fused-ring (bicyclic) bond motifs is 1. The van der Waals surface area contributed by atoms with Gasteiger partial charge in [-0.3, -0.25) is 9.59 Å². The number of H-pyrrole nitrogens is 1. The van der Waals surface area contributed by atoms with Gasteiger partial charge in [0, 0.05) is 40.9 Å². The van der Waals surface area contributed by atoms with Gasteiger partial charge >= 0.3 is 0 Å². The fourth-order valence-electron chi connectivity index (χ4n) is 2.98. The van der Waals surface area contributed by atoms with Crippen molar-refractivity contribution in [2.75, 3.05) is 18.4 Å². The van der Waals surface area contributed by atoms with Crippen LogP contribution in [0.4, 0.5) is 5.69 Å². The van der Waals surface area contributed by atoms with E-state index in [9.17, 15) is 18.0 Å². The quantitative estimate of drug-likeness (QED) is 0.621. The van der Waals surface area contributed by atoms with E-state index >= 15 is 0 Å². The summed E-state index contributed by atoms with van der Waals surface area (Å²) in [6, 6.07) is 10.6. The van der Waals surface area contributed by atoms with E-state index in [-0.39, 0.29) is 10.5 Å². The second-order valence-corrected chi connectivity index (χ2v) is 8.66. The van der Waals surface area contributed by atoms with Crippen molar-refractivity contribution in [1.29, 1.82) is 0 Å². The molecule has 9 heteroatoms. The molecule has 2 aromatic carbocycles. The first-order valence-corrected chi connectivity index (χ1v) is 10.8. The van der Waals surface area contributed by atoms with E-state index in [2.05, 4.69) is 10.3 Å². The maximum absolute atomic E-state index is 12.6. The predicted octanol–water partition coefficient (Wildman–Crippen LogP) is 3.46. The zero-order valence-corrected chi connectivity index (χ0v) is 17.5. The van der Waals surface area contributed by atoms with Crippen molar-refractivity contribution in [2.45, 2.75) is 18.7 Å². The molecule has 1 heterocycles. The molecule has 152 valence electrons. The summed E-state index contributed by atoms with van der Waals surface area (Å²) in [4.78, 5) is 28.2. The third-order valence-corrected chi connectivity index (χ3v) is 6.84. The number of carbonyl (C=O) groups is 1. The molecule has 29 heavy (non-hydrogen) atoms. The molecular formula is C20H20ClN3O4S. The van der Waals surface area contributed by atoms with E-state index in [4.69, 9.17) is 11.6 Å². The number of hydrogen-bond acceptors (Lipinski definition) is 4. The number of rotatable bonds is 6. The van der Waals surface area contributed by atoms with Crippen molar-refractivity contribution in [1.82, 2.24) is 9.29 Å². The molecule has 3 rings (SSSR count). The topological polar surface area (TPSA) is 99.3 Å². The zero-order chi connectivity index (χ0) is 21.2. The highest BCUT2D eigenvalue weighted by atomic mass is 35.5. The normalized spacial score (nSPS) is 11.7. The van der Waals surface area contributed by atoms with Crippen LogP contribution in [-0.4, -0.2) is 36.7 Å². The second kappa shape index (κ2) is 8.36. The minimum atomic E-state index is -3.58. The number of anilines is 1. The lowest BCUT2D eigenvalue weighted by molar-refractivity contribution is 0.102. The molecule has 0 unspecified atom stereocenters. The van der Waals surface area contributed by atoms with Crippen LogP contribution in [0.25, 0.3) is 10.9 Å². The molecule has 2 N–H and O–H groups in total. The maximum atomic E-state index is 12.6. The number of nitrogens with zero attached hydrogens (tertiary/aromatic N) is 1. The van der Waals surface area contributed by atoms with Gasteiger partial charge in [-0.2, -0.15) is 4.31 Å². The number of aromatic nitrogens is 1. The largest absolute Gasteiger partial charge is 0.360 e. The highest BCUT2D eigenvalue weighted by Gasteiger charge is 2.21. The highest BCUT2D eigenvalue weighted by molar-refractivity contribution is 7.89. The van der Waals surface area contributed by atoms with Crippen molar-refractivity contribution in [3.8, 4) is 0 Å². The Morgan fingerprint density at radius 2 is 1.76 bits per heavy atom. The molecule has 0 atom stereocenters. The van der Waals surface area contributed by atoms with Gasteiger partial charge in [-0.1, -0.05) is 25.4 Å². The third-order valence-electron chi connectivity index (χ3n) is 4.54. The van der Waals surface area contributed by atoms with E-state index in [1.54, 1.807) is 26.0 Å². The van der Waals surface area contributed by atoms with E-state index in [1.165, 1.54) is 40.8 Å². The number of sulfonamides is 1. The molecule has 1 amide bonds. The zero-order valence-electron chi connectivity index (χ0n) is 15.9. The number of aromatic amines is 1. The van der Waals surface area contributed by atoms with E-state index in [0.29, 0.717) is 34.7 Å². The first-order chi connectivity index (χ1) is 13.8. The van der Waals surface area contributed by atoms with Gasteiger partial charge in [0.2, 0.25) is 15.5 Å². The summed E-state index contributed by atoms with van der Waals surface area (Å²) < 4.78 is 26.4. The fraction of sp³-hybridized carbons (Fsp3) is 0.200. The lowest BCUT2D eigenvalue weighted by Crippen LogP contribution is -2.30. The molecule has 0 spiro atoms. The summed E-state index contributed by atoms with van der Waals surface area (Å²) in [5.41, 5.74) is 0.431.